The van der Waals surface area contributed by atoms with Crippen LogP contribution in [-0.4, -0.2) is 44.3 Å². The van der Waals surface area contributed by atoms with Crippen molar-refractivity contribution in [1.82, 2.24) is 4.90 Å². The number of nitrogens with one attached hydrogen (secondary N) is 1. The molecular weight excluding hydrogens is 232 g/mol. The molecule has 1 N–H and O–H groups in total. The number of hydrogen-bond acceptors (Lipinski definition) is 3. The summed E-state index contributed by atoms with van der Waals surface area (Å²) in [5.41, 5.74) is 1.79. The Kier molecular flexibility index (Phi) is 4.04. The molecule has 0 spiro atoms. The number of carbonyl (C=O) groups is 1. The Labute approximate surface area is 107 Å². The van der Waals surface area contributed by atoms with E-state index in [2.05, 4.69) is 5.32 Å². The zero-order valence-corrected chi connectivity index (χ0v) is 10.7. The minimum Gasteiger partial charge on any atom is -0.497 e. The molecule has 2 amide bonds. The molecule has 0 saturated carbocycles. The summed E-state index contributed by atoms with van der Waals surface area (Å²) in [6.07, 6.45) is 0. The minimum atomic E-state index is -0.0773. The number of methoxy groups -OCH3 is 1. The van der Waals surface area contributed by atoms with Crippen LogP contribution in [0.15, 0.2) is 18.2 Å². The molecule has 0 bridgehead atoms. The maximum absolute atomic E-state index is 12.0. The van der Waals surface area contributed by atoms with Crippen LogP contribution < -0.4 is 10.1 Å². The van der Waals surface area contributed by atoms with Crippen LogP contribution >= 0.6 is 0 Å². The van der Waals surface area contributed by atoms with Crippen LogP contribution in [0, 0.1) is 6.92 Å². The van der Waals surface area contributed by atoms with E-state index in [1.807, 2.05) is 25.1 Å². The van der Waals surface area contributed by atoms with Crippen molar-refractivity contribution in [3.8, 4) is 5.75 Å². The number of nitrogens with zero attached hydrogens (tertiary/aromatic N) is 1. The fourth-order valence-electron chi connectivity index (χ4n) is 1.86. The van der Waals surface area contributed by atoms with E-state index in [-0.39, 0.29) is 6.03 Å². The van der Waals surface area contributed by atoms with Crippen molar-refractivity contribution in [2.24, 2.45) is 0 Å². The average molecular weight is 250 g/mol. The second kappa shape index (κ2) is 5.73. The van der Waals surface area contributed by atoms with Crippen LogP contribution in [0.4, 0.5) is 10.5 Å². The lowest BCUT2D eigenvalue weighted by Crippen LogP contribution is -2.43. The number of hydrogen-bond donors (Lipinski definition) is 1. The standard InChI is InChI=1S/C13H18N2O3/c1-10-9-11(17-2)3-4-12(10)14-13(16)15-5-7-18-8-6-15/h3-4,9H,5-8H2,1-2H3,(H,14,16). The first-order valence-electron chi connectivity index (χ1n) is 5.99. The van der Waals surface area contributed by atoms with Gasteiger partial charge in [0.25, 0.3) is 0 Å². The molecule has 98 valence electrons. The summed E-state index contributed by atoms with van der Waals surface area (Å²) in [4.78, 5) is 13.8. The number of morpholine rings is 1. The van der Waals surface area contributed by atoms with Crippen LogP contribution in [0.3, 0.4) is 0 Å². The highest BCUT2D eigenvalue weighted by Crippen LogP contribution is 2.21. The van der Waals surface area contributed by atoms with Crippen molar-refractivity contribution in [2.45, 2.75) is 6.92 Å². The van der Waals surface area contributed by atoms with Crippen molar-refractivity contribution in [3.05, 3.63) is 23.8 Å². The summed E-state index contributed by atoms with van der Waals surface area (Å²) in [7, 11) is 1.63. The number of urea groups is 1. The summed E-state index contributed by atoms with van der Waals surface area (Å²) in [5, 5.41) is 2.91. The third-order valence-electron chi connectivity index (χ3n) is 2.97. The third kappa shape index (κ3) is 2.92. The highest BCUT2D eigenvalue weighted by molar-refractivity contribution is 5.90. The second-order valence-corrected chi connectivity index (χ2v) is 4.21. The van der Waals surface area contributed by atoms with Crippen LogP contribution in [0.5, 0.6) is 5.75 Å². The van der Waals surface area contributed by atoms with Crippen LogP contribution in [-0.2, 0) is 4.74 Å². The number of aryl methyl sites for hydroxylation is 1. The minimum absolute atomic E-state index is 0.0773. The van der Waals surface area contributed by atoms with Gasteiger partial charge >= 0.3 is 6.03 Å². The van der Waals surface area contributed by atoms with Gasteiger partial charge in [0.05, 0.1) is 20.3 Å². The topological polar surface area (TPSA) is 50.8 Å². The van der Waals surface area contributed by atoms with Crippen LogP contribution in [0.1, 0.15) is 5.56 Å². The SMILES string of the molecule is COc1ccc(NC(=O)N2CCOCC2)c(C)c1. The number of ether oxygens (including phenoxy) is 2. The average Bonchev–Trinajstić information content (AvgIpc) is 2.42. The Morgan fingerprint density at radius 2 is 2.11 bits per heavy atom. The summed E-state index contributed by atoms with van der Waals surface area (Å²) >= 11 is 0. The van der Waals surface area contributed by atoms with E-state index in [0.717, 1.165) is 17.0 Å². The van der Waals surface area contributed by atoms with E-state index in [0.29, 0.717) is 26.3 Å². The largest absolute Gasteiger partial charge is 0.497 e. The summed E-state index contributed by atoms with van der Waals surface area (Å²) in [5.74, 6) is 0.789. The molecule has 0 unspecified atom stereocenters. The molecule has 1 aromatic carbocycles. The Hall–Kier alpha value is -1.75. The van der Waals surface area contributed by atoms with Gasteiger partial charge in [-0.3, -0.25) is 0 Å². The molecule has 0 aromatic heterocycles. The van der Waals surface area contributed by atoms with Crippen molar-refractivity contribution < 1.29 is 14.3 Å². The molecule has 5 nitrogen and oxygen atoms in total. The molecule has 1 aliphatic heterocycles. The van der Waals surface area contributed by atoms with E-state index >= 15 is 0 Å². The van der Waals surface area contributed by atoms with Crippen LogP contribution in [0.25, 0.3) is 0 Å². The normalized spacial score (nSPS) is 15.3. The lowest BCUT2D eigenvalue weighted by Gasteiger charge is -2.27. The fourth-order valence-corrected chi connectivity index (χ4v) is 1.86. The van der Waals surface area contributed by atoms with Crippen molar-refractivity contribution in [2.75, 3.05) is 38.7 Å². The summed E-state index contributed by atoms with van der Waals surface area (Å²) < 4.78 is 10.3. The molecule has 1 fully saturated rings. The smallest absolute Gasteiger partial charge is 0.322 e. The Bertz CT molecular complexity index is 428. The molecule has 1 saturated heterocycles. The number of anilines is 1. The van der Waals surface area contributed by atoms with E-state index < -0.39 is 0 Å². The van der Waals surface area contributed by atoms with Gasteiger partial charge in [-0.15, -0.1) is 0 Å². The van der Waals surface area contributed by atoms with E-state index in [4.69, 9.17) is 9.47 Å². The molecule has 0 radical (unpaired) electrons. The van der Waals surface area contributed by atoms with E-state index in [1.54, 1.807) is 12.0 Å². The Morgan fingerprint density at radius 1 is 1.39 bits per heavy atom. The maximum Gasteiger partial charge on any atom is 0.322 e. The van der Waals surface area contributed by atoms with E-state index in [1.165, 1.54) is 0 Å². The molecule has 1 aromatic rings. The summed E-state index contributed by atoms with van der Waals surface area (Å²) in [6, 6.07) is 5.51. The van der Waals surface area contributed by atoms with Gasteiger partial charge in [-0.25, -0.2) is 4.79 Å². The predicted molar refractivity (Wildman–Crippen MR) is 69.1 cm³/mol. The maximum atomic E-state index is 12.0. The second-order valence-electron chi connectivity index (χ2n) is 4.21. The Balaban J connectivity index is 2.02. The lowest BCUT2D eigenvalue weighted by atomic mass is 10.2. The van der Waals surface area contributed by atoms with Gasteiger partial charge < -0.3 is 19.7 Å². The number of amides is 2. The van der Waals surface area contributed by atoms with Crippen molar-refractivity contribution in [1.29, 1.82) is 0 Å². The lowest BCUT2D eigenvalue weighted by molar-refractivity contribution is 0.0564. The Morgan fingerprint density at radius 3 is 2.72 bits per heavy atom. The van der Waals surface area contributed by atoms with Gasteiger partial charge in [0.15, 0.2) is 0 Å². The number of carbonyl (C=O) groups excluding carboxylic acids is 1. The van der Waals surface area contributed by atoms with Gasteiger partial charge in [0.2, 0.25) is 0 Å². The molecule has 1 aliphatic rings. The van der Waals surface area contributed by atoms with Crippen LogP contribution in [0.2, 0.25) is 0 Å². The highest BCUT2D eigenvalue weighted by atomic mass is 16.5. The predicted octanol–water partition coefficient (Wildman–Crippen LogP) is 1.87. The highest BCUT2D eigenvalue weighted by Gasteiger charge is 2.17. The first-order chi connectivity index (χ1) is 8.70. The van der Waals surface area contributed by atoms with Gasteiger partial charge in [-0.1, -0.05) is 0 Å². The third-order valence-corrected chi connectivity index (χ3v) is 2.97. The molecule has 0 atom stereocenters. The summed E-state index contributed by atoms with van der Waals surface area (Å²) in [6.45, 7) is 4.43. The van der Waals surface area contributed by atoms with Crippen molar-refractivity contribution in [3.63, 3.8) is 0 Å². The molecule has 18 heavy (non-hydrogen) atoms. The quantitative estimate of drug-likeness (QED) is 0.871. The monoisotopic (exact) mass is 250 g/mol. The molecule has 5 heteroatoms. The zero-order valence-electron chi connectivity index (χ0n) is 10.7. The fraction of sp³-hybridized carbons (Fsp3) is 0.462. The molecular formula is C13H18N2O3. The molecule has 0 aliphatic carbocycles. The van der Waals surface area contributed by atoms with Crippen molar-refractivity contribution >= 4 is 11.7 Å². The van der Waals surface area contributed by atoms with E-state index in [9.17, 15) is 4.79 Å². The van der Waals surface area contributed by atoms with Gasteiger partial charge in [-0.2, -0.15) is 0 Å². The first kappa shape index (κ1) is 12.7. The van der Waals surface area contributed by atoms with Gasteiger partial charge in [0.1, 0.15) is 5.75 Å². The van der Waals surface area contributed by atoms with Gasteiger partial charge in [0, 0.05) is 18.8 Å². The van der Waals surface area contributed by atoms with Gasteiger partial charge in [-0.05, 0) is 30.7 Å². The molecule has 1 heterocycles. The number of rotatable bonds is 2. The number of benzene rings is 1. The zero-order chi connectivity index (χ0) is 13.0. The molecule has 2 rings (SSSR count). The first-order valence-corrected chi connectivity index (χ1v) is 5.99.